The van der Waals surface area contributed by atoms with E-state index in [1.165, 1.54) is 53.6 Å². The third-order valence-electron chi connectivity index (χ3n) is 13.6. The normalized spacial score (nSPS) is 12.9. The maximum atomic E-state index is 6.85. The second kappa shape index (κ2) is 14.6. The molecule has 0 aliphatic heterocycles. The van der Waals surface area contributed by atoms with Crippen LogP contribution in [0.2, 0.25) is 0 Å². The summed E-state index contributed by atoms with van der Waals surface area (Å²) in [7, 11) is 0. The average molecular weight is 851 g/mol. The van der Waals surface area contributed by atoms with Crippen molar-refractivity contribution in [3.05, 3.63) is 230 Å². The van der Waals surface area contributed by atoms with Gasteiger partial charge in [0.2, 0.25) is 0 Å². The van der Waals surface area contributed by atoms with E-state index in [-0.39, 0.29) is 5.41 Å². The molecule has 4 heteroatoms. The largest absolute Gasteiger partial charge is 0.455 e. The van der Waals surface area contributed by atoms with E-state index in [1.54, 1.807) is 0 Å². The molecule has 0 unspecified atom stereocenters. The Kier molecular flexibility index (Phi) is 8.43. The summed E-state index contributed by atoms with van der Waals surface area (Å²) in [5.41, 5.74) is 15.9. The van der Waals surface area contributed by atoms with Crippen LogP contribution in [0.15, 0.2) is 223 Å². The molecule has 12 aromatic rings. The van der Waals surface area contributed by atoms with E-state index in [2.05, 4.69) is 242 Å². The molecule has 1 aliphatic carbocycles. The summed E-state index contributed by atoms with van der Waals surface area (Å²) < 4.78 is 9.28. The fourth-order valence-electron chi connectivity index (χ4n) is 10.5. The lowest BCUT2D eigenvalue weighted by Crippen LogP contribution is -2.17. The molecule has 0 atom stereocenters. The first kappa shape index (κ1) is 37.6. The van der Waals surface area contributed by atoms with E-state index in [4.69, 9.17) is 4.42 Å². The van der Waals surface area contributed by atoms with Crippen molar-refractivity contribution in [2.75, 3.05) is 9.80 Å². The minimum absolute atomic E-state index is 0.161. The Morgan fingerprint density at radius 3 is 1.82 bits per heavy atom. The topological polar surface area (TPSA) is 19.6 Å². The van der Waals surface area contributed by atoms with Gasteiger partial charge in [0.25, 0.3) is 0 Å². The molecule has 0 spiro atoms. The van der Waals surface area contributed by atoms with Crippen LogP contribution in [0.1, 0.15) is 25.0 Å². The van der Waals surface area contributed by atoms with E-state index >= 15 is 0 Å². The summed E-state index contributed by atoms with van der Waals surface area (Å²) in [6.07, 6.45) is 0. The van der Waals surface area contributed by atoms with Gasteiger partial charge in [-0.15, -0.1) is 11.3 Å². The third kappa shape index (κ3) is 5.88. The van der Waals surface area contributed by atoms with Gasteiger partial charge < -0.3 is 14.2 Å². The quantitative estimate of drug-likeness (QED) is 0.159. The number of hydrogen-bond donors (Lipinski definition) is 0. The zero-order chi connectivity index (χ0) is 43.2. The Bertz CT molecular complexity index is 3790. The second-order valence-corrected chi connectivity index (χ2v) is 18.7. The van der Waals surface area contributed by atoms with E-state index in [0.717, 1.165) is 66.8 Å². The van der Waals surface area contributed by atoms with Crippen molar-refractivity contribution >= 4 is 98.3 Å². The molecule has 308 valence electrons. The number of fused-ring (bicyclic) bond motifs is 12. The molecule has 0 N–H and O–H groups in total. The first-order valence-electron chi connectivity index (χ1n) is 22.3. The minimum Gasteiger partial charge on any atom is -0.455 e. The Hall–Kier alpha value is -7.92. The number of rotatable bonds is 7. The van der Waals surface area contributed by atoms with Gasteiger partial charge in [-0.25, -0.2) is 0 Å². The molecule has 0 amide bonds. The number of thiophene rings is 1. The van der Waals surface area contributed by atoms with Gasteiger partial charge in [0.1, 0.15) is 11.2 Å². The molecular weight excluding hydrogens is 809 g/mol. The molecule has 2 heterocycles. The first-order valence-corrected chi connectivity index (χ1v) is 23.1. The van der Waals surface area contributed by atoms with Crippen molar-refractivity contribution < 1.29 is 4.42 Å². The number of para-hydroxylation sites is 3. The maximum absolute atomic E-state index is 6.85. The Balaban J connectivity index is 1.13. The van der Waals surface area contributed by atoms with Crippen molar-refractivity contribution in [1.82, 2.24) is 0 Å². The fourth-order valence-corrected chi connectivity index (χ4v) is 11.7. The van der Waals surface area contributed by atoms with E-state index in [0.29, 0.717) is 0 Å². The molecule has 13 rings (SSSR count). The Labute approximate surface area is 381 Å². The summed E-state index contributed by atoms with van der Waals surface area (Å²) in [6.45, 7) is 4.73. The number of nitrogens with zero attached hydrogens (tertiary/aromatic N) is 2. The van der Waals surface area contributed by atoms with E-state index in [1.807, 2.05) is 11.3 Å². The van der Waals surface area contributed by atoms with Crippen LogP contribution in [0.3, 0.4) is 0 Å². The molecule has 10 aromatic carbocycles. The zero-order valence-electron chi connectivity index (χ0n) is 36.0. The first-order chi connectivity index (χ1) is 32.0. The maximum Gasteiger partial charge on any atom is 0.143 e. The lowest BCUT2D eigenvalue weighted by Gasteiger charge is -2.31. The van der Waals surface area contributed by atoms with Gasteiger partial charge in [0.05, 0.1) is 10.4 Å². The van der Waals surface area contributed by atoms with Gasteiger partial charge in [-0.2, -0.15) is 0 Å². The van der Waals surface area contributed by atoms with Gasteiger partial charge in [-0.1, -0.05) is 153 Å². The SMILES string of the molecule is CC1(C)c2ccccc2-c2ccc(N(c3ccccc3)c3cc(N(c4ccccc4)c4ccc(-c5ccccc5)cc4)cc4c3sc3ccc5ccc6c7ccccc7oc6c5c34)cc21. The number of anilines is 6. The predicted molar refractivity (Wildman–Crippen MR) is 276 cm³/mol. The molecule has 1 aliphatic rings. The van der Waals surface area contributed by atoms with Crippen LogP contribution in [-0.2, 0) is 5.41 Å². The van der Waals surface area contributed by atoms with Crippen LogP contribution in [-0.4, -0.2) is 0 Å². The highest BCUT2D eigenvalue weighted by Crippen LogP contribution is 2.54. The molecule has 0 radical (unpaired) electrons. The van der Waals surface area contributed by atoms with Gasteiger partial charge in [-0.05, 0) is 118 Å². The highest BCUT2D eigenvalue weighted by Gasteiger charge is 2.36. The molecule has 2 aromatic heterocycles. The lowest BCUT2D eigenvalue weighted by atomic mass is 9.82. The van der Waals surface area contributed by atoms with Crippen LogP contribution in [0.4, 0.5) is 34.1 Å². The molecule has 0 saturated carbocycles. The van der Waals surface area contributed by atoms with Crippen LogP contribution in [0, 0.1) is 0 Å². The number of hydrogen-bond acceptors (Lipinski definition) is 4. The zero-order valence-corrected chi connectivity index (χ0v) is 36.8. The number of furan rings is 1. The summed E-state index contributed by atoms with van der Waals surface area (Å²) >= 11 is 1.86. The van der Waals surface area contributed by atoms with Gasteiger partial charge >= 0.3 is 0 Å². The summed E-state index contributed by atoms with van der Waals surface area (Å²) in [5, 5.41) is 6.97. The lowest BCUT2D eigenvalue weighted by molar-refractivity contribution is 0.660. The minimum atomic E-state index is -0.161. The molecule has 3 nitrogen and oxygen atoms in total. The molecule has 0 saturated heterocycles. The van der Waals surface area contributed by atoms with Crippen molar-refractivity contribution in [2.45, 2.75) is 19.3 Å². The van der Waals surface area contributed by atoms with E-state index in [9.17, 15) is 0 Å². The summed E-state index contributed by atoms with van der Waals surface area (Å²) in [4.78, 5) is 4.90. The molecule has 0 fully saturated rings. The Morgan fingerprint density at radius 2 is 1.03 bits per heavy atom. The summed E-state index contributed by atoms with van der Waals surface area (Å²) in [5.74, 6) is 0. The highest BCUT2D eigenvalue weighted by molar-refractivity contribution is 7.26. The fraction of sp³-hybridized carbons (Fsp3) is 0.0492. The van der Waals surface area contributed by atoms with Crippen molar-refractivity contribution in [3.63, 3.8) is 0 Å². The average Bonchev–Trinajstić information content (AvgIpc) is 4.01. The van der Waals surface area contributed by atoms with Gasteiger partial charge in [-0.3, -0.25) is 0 Å². The smallest absolute Gasteiger partial charge is 0.143 e. The monoisotopic (exact) mass is 850 g/mol. The molecule has 65 heavy (non-hydrogen) atoms. The standard InChI is InChI=1S/C61H42N2OS/c1-61(2)52-24-14-12-22-47(52)48-34-32-45(37-53(48)61)63(43-20-10-5-11-21-43)54-38-46(62(42-18-8-4-9-19-42)44-30-26-40(27-31-44)39-16-6-3-7-17-39)36-51-58-56(65-60(51)54)35-29-41-28-33-50-49-23-13-15-25-55(49)64-59(50)57(41)58/h3-38H,1-2H3. The Morgan fingerprint density at radius 1 is 0.415 bits per heavy atom. The van der Waals surface area contributed by atoms with Gasteiger partial charge in [0, 0.05) is 65.5 Å². The highest BCUT2D eigenvalue weighted by atomic mass is 32.1. The van der Waals surface area contributed by atoms with Crippen LogP contribution in [0.5, 0.6) is 0 Å². The molecule has 0 bridgehead atoms. The van der Waals surface area contributed by atoms with Crippen LogP contribution >= 0.6 is 11.3 Å². The predicted octanol–water partition coefficient (Wildman–Crippen LogP) is 18.0. The number of benzene rings is 10. The van der Waals surface area contributed by atoms with Gasteiger partial charge in [0.15, 0.2) is 0 Å². The third-order valence-corrected chi connectivity index (χ3v) is 14.8. The van der Waals surface area contributed by atoms with Crippen molar-refractivity contribution in [2.24, 2.45) is 0 Å². The van der Waals surface area contributed by atoms with E-state index < -0.39 is 0 Å². The van der Waals surface area contributed by atoms with Crippen LogP contribution < -0.4 is 9.80 Å². The van der Waals surface area contributed by atoms with Crippen molar-refractivity contribution in [3.8, 4) is 22.3 Å². The van der Waals surface area contributed by atoms with Crippen LogP contribution in [0.25, 0.3) is 75.1 Å². The summed E-state index contributed by atoms with van der Waals surface area (Å²) in [6, 6.07) is 79.6. The second-order valence-electron chi connectivity index (χ2n) is 17.7. The van der Waals surface area contributed by atoms with Crippen molar-refractivity contribution in [1.29, 1.82) is 0 Å². The molecular formula is C61H42N2OS.